The van der Waals surface area contributed by atoms with Crippen LogP contribution in [0, 0.1) is 0 Å². The highest BCUT2D eigenvalue weighted by molar-refractivity contribution is 8.11. The number of amides is 2. The SMILES string of the molecule is O=C(NC(=O)c1c[nH]c2ccccc12)SN1CCCCC1. The topological polar surface area (TPSA) is 65.2 Å². The Morgan fingerprint density at radius 2 is 1.90 bits per heavy atom. The zero-order valence-electron chi connectivity index (χ0n) is 11.6. The lowest BCUT2D eigenvalue weighted by atomic mass is 10.2. The fourth-order valence-electron chi connectivity index (χ4n) is 2.52. The first-order valence-corrected chi connectivity index (χ1v) is 7.86. The Hall–Kier alpha value is -1.79. The molecular weight excluding hydrogens is 286 g/mol. The standard InChI is InChI=1S/C15H17N3O2S/c19-14(12-10-16-13-7-3-2-6-11(12)13)17-15(20)21-18-8-4-1-5-9-18/h2-3,6-7,10,16H,1,4-5,8-9H2,(H,17,19,20). The highest BCUT2D eigenvalue weighted by Crippen LogP contribution is 2.20. The molecule has 1 aliphatic rings. The first kappa shape index (κ1) is 14.2. The number of nitrogens with one attached hydrogen (secondary N) is 2. The first-order valence-electron chi connectivity index (χ1n) is 7.08. The normalized spacial score (nSPS) is 16.0. The van der Waals surface area contributed by atoms with Gasteiger partial charge in [-0.25, -0.2) is 4.31 Å². The third-order valence-electron chi connectivity index (χ3n) is 3.58. The van der Waals surface area contributed by atoms with Crippen molar-refractivity contribution in [3.05, 3.63) is 36.0 Å². The van der Waals surface area contributed by atoms with Crippen LogP contribution in [0.15, 0.2) is 30.5 Å². The number of imide groups is 1. The van der Waals surface area contributed by atoms with Crippen LogP contribution >= 0.6 is 11.9 Å². The molecule has 2 aromatic rings. The summed E-state index contributed by atoms with van der Waals surface area (Å²) in [6, 6.07) is 7.54. The summed E-state index contributed by atoms with van der Waals surface area (Å²) in [5.74, 6) is -0.359. The van der Waals surface area contributed by atoms with Crippen molar-refractivity contribution in [1.29, 1.82) is 0 Å². The summed E-state index contributed by atoms with van der Waals surface area (Å²) in [5, 5.41) is 2.96. The number of carbonyl (C=O) groups is 2. The second kappa shape index (κ2) is 6.32. The Bertz CT molecular complexity index is 662. The molecule has 1 aliphatic heterocycles. The average molecular weight is 303 g/mol. The quantitative estimate of drug-likeness (QED) is 0.836. The van der Waals surface area contributed by atoms with Crippen LogP contribution in [0.4, 0.5) is 4.79 Å². The number of fused-ring (bicyclic) bond motifs is 1. The molecule has 1 aromatic heterocycles. The number of piperidine rings is 1. The van der Waals surface area contributed by atoms with E-state index in [2.05, 4.69) is 10.3 Å². The summed E-state index contributed by atoms with van der Waals surface area (Å²) < 4.78 is 2.02. The van der Waals surface area contributed by atoms with Gasteiger partial charge in [-0.3, -0.25) is 14.9 Å². The Morgan fingerprint density at radius 3 is 2.71 bits per heavy atom. The lowest BCUT2D eigenvalue weighted by Gasteiger charge is -2.23. The molecule has 1 aromatic carbocycles. The van der Waals surface area contributed by atoms with Gasteiger partial charge < -0.3 is 4.98 Å². The van der Waals surface area contributed by atoms with Gasteiger partial charge in [-0.1, -0.05) is 24.6 Å². The zero-order valence-corrected chi connectivity index (χ0v) is 12.4. The van der Waals surface area contributed by atoms with Crippen LogP contribution in [0.2, 0.25) is 0 Å². The second-order valence-electron chi connectivity index (χ2n) is 5.07. The maximum Gasteiger partial charge on any atom is 0.301 e. The van der Waals surface area contributed by atoms with Gasteiger partial charge in [0.2, 0.25) is 0 Å². The molecule has 0 unspecified atom stereocenters. The van der Waals surface area contributed by atoms with Crippen molar-refractivity contribution in [2.24, 2.45) is 0 Å². The van der Waals surface area contributed by atoms with E-state index in [9.17, 15) is 9.59 Å². The van der Waals surface area contributed by atoms with Gasteiger partial charge in [0.25, 0.3) is 5.91 Å². The van der Waals surface area contributed by atoms with Gasteiger partial charge in [-0.05, 0) is 18.9 Å². The number of aromatic amines is 1. The molecule has 1 fully saturated rings. The van der Waals surface area contributed by atoms with Gasteiger partial charge in [0.15, 0.2) is 0 Å². The summed E-state index contributed by atoms with van der Waals surface area (Å²) in [7, 11) is 0. The van der Waals surface area contributed by atoms with Crippen LogP contribution in [-0.2, 0) is 0 Å². The summed E-state index contributed by atoms with van der Waals surface area (Å²) in [5.41, 5.74) is 1.39. The van der Waals surface area contributed by atoms with Crippen LogP contribution in [0.25, 0.3) is 10.9 Å². The largest absolute Gasteiger partial charge is 0.360 e. The van der Waals surface area contributed by atoms with E-state index < -0.39 is 0 Å². The summed E-state index contributed by atoms with van der Waals surface area (Å²) in [4.78, 5) is 27.2. The van der Waals surface area contributed by atoms with E-state index >= 15 is 0 Å². The minimum Gasteiger partial charge on any atom is -0.360 e. The molecule has 2 amide bonds. The monoisotopic (exact) mass is 303 g/mol. The predicted octanol–water partition coefficient (Wildman–Crippen LogP) is 3.15. The minimum atomic E-state index is -0.359. The van der Waals surface area contributed by atoms with Gasteiger partial charge in [0.05, 0.1) is 5.56 Å². The van der Waals surface area contributed by atoms with E-state index in [1.807, 2.05) is 28.6 Å². The van der Waals surface area contributed by atoms with Crippen molar-refractivity contribution < 1.29 is 9.59 Å². The lowest BCUT2D eigenvalue weighted by molar-refractivity contribution is 0.0971. The Morgan fingerprint density at radius 1 is 1.14 bits per heavy atom. The van der Waals surface area contributed by atoms with Gasteiger partial charge in [-0.15, -0.1) is 0 Å². The molecule has 110 valence electrons. The van der Waals surface area contributed by atoms with Crippen molar-refractivity contribution in [2.45, 2.75) is 19.3 Å². The highest BCUT2D eigenvalue weighted by Gasteiger charge is 2.19. The Balaban J connectivity index is 1.64. The maximum absolute atomic E-state index is 12.2. The van der Waals surface area contributed by atoms with Crippen LogP contribution in [0.1, 0.15) is 29.6 Å². The number of nitrogens with zero attached hydrogens (tertiary/aromatic N) is 1. The number of carbonyl (C=O) groups excluding carboxylic acids is 2. The smallest absolute Gasteiger partial charge is 0.301 e. The van der Waals surface area contributed by atoms with Crippen molar-refractivity contribution >= 4 is 34.0 Å². The molecule has 2 N–H and O–H groups in total. The number of rotatable bonds is 2. The van der Waals surface area contributed by atoms with Crippen molar-refractivity contribution in [2.75, 3.05) is 13.1 Å². The summed E-state index contributed by atoms with van der Waals surface area (Å²) >= 11 is 1.10. The Labute approximate surface area is 127 Å². The molecule has 0 atom stereocenters. The van der Waals surface area contributed by atoms with E-state index in [0.29, 0.717) is 5.56 Å². The molecule has 2 heterocycles. The number of benzene rings is 1. The van der Waals surface area contributed by atoms with Gasteiger partial charge >= 0.3 is 5.24 Å². The van der Waals surface area contributed by atoms with Gasteiger partial charge in [0, 0.05) is 42.1 Å². The average Bonchev–Trinajstić information content (AvgIpc) is 2.92. The molecule has 21 heavy (non-hydrogen) atoms. The van der Waals surface area contributed by atoms with E-state index in [-0.39, 0.29) is 11.1 Å². The van der Waals surface area contributed by atoms with E-state index in [4.69, 9.17) is 0 Å². The van der Waals surface area contributed by atoms with Crippen LogP contribution < -0.4 is 5.32 Å². The number of hydrogen-bond donors (Lipinski definition) is 2. The van der Waals surface area contributed by atoms with E-state index in [1.165, 1.54) is 6.42 Å². The highest BCUT2D eigenvalue weighted by atomic mass is 32.2. The van der Waals surface area contributed by atoms with Crippen molar-refractivity contribution in [1.82, 2.24) is 14.6 Å². The molecule has 0 spiro atoms. The lowest BCUT2D eigenvalue weighted by Crippen LogP contribution is -2.32. The predicted molar refractivity (Wildman–Crippen MR) is 84.2 cm³/mol. The Kier molecular flexibility index (Phi) is 4.26. The van der Waals surface area contributed by atoms with Gasteiger partial charge in [0.1, 0.15) is 0 Å². The van der Waals surface area contributed by atoms with Crippen molar-refractivity contribution in [3.8, 4) is 0 Å². The van der Waals surface area contributed by atoms with Gasteiger partial charge in [-0.2, -0.15) is 0 Å². The minimum absolute atomic E-state index is 0.313. The summed E-state index contributed by atoms with van der Waals surface area (Å²) in [6.07, 6.45) is 5.07. The molecule has 0 radical (unpaired) electrons. The van der Waals surface area contributed by atoms with Crippen LogP contribution in [0.3, 0.4) is 0 Å². The molecule has 5 nitrogen and oxygen atoms in total. The molecular formula is C15H17N3O2S. The summed E-state index contributed by atoms with van der Waals surface area (Å²) in [6.45, 7) is 1.80. The van der Waals surface area contributed by atoms with E-state index in [1.54, 1.807) is 6.20 Å². The molecule has 6 heteroatoms. The third-order valence-corrected chi connectivity index (χ3v) is 4.47. The number of H-pyrrole nitrogens is 1. The molecule has 0 aliphatic carbocycles. The van der Waals surface area contributed by atoms with Crippen LogP contribution in [0.5, 0.6) is 0 Å². The maximum atomic E-state index is 12.2. The van der Waals surface area contributed by atoms with Crippen molar-refractivity contribution in [3.63, 3.8) is 0 Å². The number of hydrogen-bond acceptors (Lipinski definition) is 4. The van der Waals surface area contributed by atoms with Crippen LogP contribution in [-0.4, -0.2) is 33.5 Å². The molecule has 0 bridgehead atoms. The molecule has 1 saturated heterocycles. The molecule has 3 rings (SSSR count). The number of aromatic nitrogens is 1. The first-order chi connectivity index (χ1) is 10.2. The fraction of sp³-hybridized carbons (Fsp3) is 0.333. The third kappa shape index (κ3) is 3.28. The fourth-order valence-corrected chi connectivity index (χ4v) is 3.33. The molecule has 0 saturated carbocycles. The zero-order chi connectivity index (χ0) is 14.7. The van der Waals surface area contributed by atoms with E-state index in [0.717, 1.165) is 48.8 Å². The second-order valence-corrected chi connectivity index (χ2v) is 6.14. The number of para-hydroxylation sites is 1.